The molecule has 0 aliphatic carbocycles. The Morgan fingerprint density at radius 1 is 1.15 bits per heavy atom. The van der Waals surface area contributed by atoms with Gasteiger partial charge in [0.1, 0.15) is 0 Å². The molecule has 20 heavy (non-hydrogen) atoms. The third kappa shape index (κ3) is 3.61. The number of hydrogen-bond acceptors (Lipinski definition) is 3. The Hall–Kier alpha value is -1.81. The van der Waals surface area contributed by atoms with Crippen molar-refractivity contribution in [3.63, 3.8) is 0 Å². The van der Waals surface area contributed by atoms with Crippen LogP contribution in [0.5, 0.6) is 0 Å². The molecule has 2 aromatic carbocycles. The lowest BCUT2D eigenvalue weighted by molar-refractivity contribution is 0.0527. The standard InChI is InChI=1S/C16H16BrNO2/c1-2-20-16(19)13-8-4-6-10-15(13)18-11-12-7-3-5-9-14(12)17/h3-10,18H,2,11H2,1H3. The molecule has 0 fully saturated rings. The molecule has 0 aliphatic rings. The molecule has 0 heterocycles. The van der Waals surface area contributed by atoms with E-state index in [-0.39, 0.29) is 5.97 Å². The van der Waals surface area contributed by atoms with Gasteiger partial charge in [-0.05, 0) is 30.7 Å². The third-order valence-corrected chi connectivity index (χ3v) is 3.62. The van der Waals surface area contributed by atoms with Crippen LogP contribution in [0.25, 0.3) is 0 Å². The number of esters is 1. The van der Waals surface area contributed by atoms with E-state index in [0.717, 1.165) is 15.7 Å². The molecule has 0 amide bonds. The molecule has 0 saturated carbocycles. The second kappa shape index (κ2) is 7.10. The quantitative estimate of drug-likeness (QED) is 0.832. The lowest BCUT2D eigenvalue weighted by Gasteiger charge is -2.12. The molecule has 0 spiro atoms. The highest BCUT2D eigenvalue weighted by molar-refractivity contribution is 9.10. The predicted molar refractivity (Wildman–Crippen MR) is 83.9 cm³/mol. The van der Waals surface area contributed by atoms with Crippen LogP contribution in [0.4, 0.5) is 5.69 Å². The van der Waals surface area contributed by atoms with E-state index in [4.69, 9.17) is 4.74 Å². The lowest BCUT2D eigenvalue weighted by Crippen LogP contribution is -2.09. The molecule has 104 valence electrons. The number of para-hydroxylation sites is 1. The van der Waals surface area contributed by atoms with Crippen molar-refractivity contribution in [3.8, 4) is 0 Å². The van der Waals surface area contributed by atoms with Crippen LogP contribution in [0.3, 0.4) is 0 Å². The molecule has 0 unspecified atom stereocenters. The van der Waals surface area contributed by atoms with Crippen LogP contribution in [0.2, 0.25) is 0 Å². The van der Waals surface area contributed by atoms with E-state index in [1.165, 1.54) is 0 Å². The lowest BCUT2D eigenvalue weighted by atomic mass is 10.1. The summed E-state index contributed by atoms with van der Waals surface area (Å²) in [6.07, 6.45) is 0. The molecule has 0 aromatic heterocycles. The summed E-state index contributed by atoms with van der Waals surface area (Å²) in [6.45, 7) is 2.81. The van der Waals surface area contributed by atoms with Gasteiger partial charge in [-0.3, -0.25) is 0 Å². The van der Waals surface area contributed by atoms with Gasteiger partial charge >= 0.3 is 5.97 Å². The van der Waals surface area contributed by atoms with Gasteiger partial charge in [0.25, 0.3) is 0 Å². The largest absolute Gasteiger partial charge is 0.462 e. The smallest absolute Gasteiger partial charge is 0.340 e. The minimum absolute atomic E-state index is 0.303. The Morgan fingerprint density at radius 3 is 2.60 bits per heavy atom. The van der Waals surface area contributed by atoms with Gasteiger partial charge in [-0.1, -0.05) is 46.3 Å². The maximum absolute atomic E-state index is 11.9. The van der Waals surface area contributed by atoms with Crippen molar-refractivity contribution in [3.05, 3.63) is 64.1 Å². The van der Waals surface area contributed by atoms with E-state index < -0.39 is 0 Å². The summed E-state index contributed by atoms with van der Waals surface area (Å²) in [5.41, 5.74) is 2.47. The topological polar surface area (TPSA) is 38.3 Å². The molecular formula is C16H16BrNO2. The zero-order chi connectivity index (χ0) is 14.4. The minimum atomic E-state index is -0.303. The third-order valence-electron chi connectivity index (χ3n) is 2.85. The van der Waals surface area contributed by atoms with Gasteiger partial charge < -0.3 is 10.1 Å². The van der Waals surface area contributed by atoms with Gasteiger partial charge in [0.15, 0.2) is 0 Å². The van der Waals surface area contributed by atoms with Crippen LogP contribution in [-0.2, 0) is 11.3 Å². The first kappa shape index (κ1) is 14.6. The highest BCUT2D eigenvalue weighted by atomic mass is 79.9. The number of rotatable bonds is 5. The molecule has 0 radical (unpaired) electrons. The Bertz CT molecular complexity index is 599. The van der Waals surface area contributed by atoms with Gasteiger partial charge in [0.05, 0.1) is 12.2 Å². The fraction of sp³-hybridized carbons (Fsp3) is 0.188. The van der Waals surface area contributed by atoms with Gasteiger partial charge in [-0.25, -0.2) is 4.79 Å². The Balaban J connectivity index is 2.14. The van der Waals surface area contributed by atoms with Crippen molar-refractivity contribution in [2.24, 2.45) is 0 Å². The number of hydrogen-bond donors (Lipinski definition) is 1. The fourth-order valence-electron chi connectivity index (χ4n) is 1.86. The van der Waals surface area contributed by atoms with Crippen molar-refractivity contribution in [1.29, 1.82) is 0 Å². The number of carbonyl (C=O) groups excluding carboxylic acids is 1. The molecule has 0 saturated heterocycles. The van der Waals surface area contributed by atoms with Gasteiger partial charge in [-0.15, -0.1) is 0 Å². The first-order valence-electron chi connectivity index (χ1n) is 6.45. The van der Waals surface area contributed by atoms with Gasteiger partial charge in [0.2, 0.25) is 0 Å². The normalized spacial score (nSPS) is 10.1. The maximum atomic E-state index is 11.9. The van der Waals surface area contributed by atoms with Crippen molar-refractivity contribution in [2.75, 3.05) is 11.9 Å². The van der Waals surface area contributed by atoms with Gasteiger partial charge in [0, 0.05) is 16.7 Å². The predicted octanol–water partition coefficient (Wildman–Crippen LogP) is 4.24. The van der Waals surface area contributed by atoms with Crippen LogP contribution in [0, 0.1) is 0 Å². The van der Waals surface area contributed by atoms with Crippen LogP contribution < -0.4 is 5.32 Å². The summed E-state index contributed by atoms with van der Waals surface area (Å²) in [5, 5.41) is 3.28. The Labute approximate surface area is 127 Å². The zero-order valence-electron chi connectivity index (χ0n) is 11.2. The first-order chi connectivity index (χ1) is 9.72. The van der Waals surface area contributed by atoms with Gasteiger partial charge in [-0.2, -0.15) is 0 Å². The molecule has 4 heteroatoms. The number of benzene rings is 2. The number of anilines is 1. The summed E-state index contributed by atoms with van der Waals surface area (Å²) < 4.78 is 6.10. The number of halogens is 1. The molecule has 2 rings (SSSR count). The highest BCUT2D eigenvalue weighted by Gasteiger charge is 2.11. The summed E-state index contributed by atoms with van der Waals surface area (Å²) in [7, 11) is 0. The summed E-state index contributed by atoms with van der Waals surface area (Å²) in [5.74, 6) is -0.303. The van der Waals surface area contributed by atoms with E-state index in [2.05, 4.69) is 21.2 Å². The van der Waals surface area contributed by atoms with Crippen molar-refractivity contribution in [1.82, 2.24) is 0 Å². The zero-order valence-corrected chi connectivity index (χ0v) is 12.8. The van der Waals surface area contributed by atoms with Crippen LogP contribution in [-0.4, -0.2) is 12.6 Å². The average molecular weight is 334 g/mol. The van der Waals surface area contributed by atoms with Crippen LogP contribution in [0.15, 0.2) is 53.0 Å². The van der Waals surface area contributed by atoms with Crippen molar-refractivity contribution < 1.29 is 9.53 Å². The molecular weight excluding hydrogens is 318 g/mol. The molecule has 2 aromatic rings. The SMILES string of the molecule is CCOC(=O)c1ccccc1NCc1ccccc1Br. The Morgan fingerprint density at radius 2 is 1.85 bits per heavy atom. The van der Waals surface area contributed by atoms with Crippen LogP contribution in [0.1, 0.15) is 22.8 Å². The molecule has 0 bridgehead atoms. The van der Waals surface area contributed by atoms with E-state index in [9.17, 15) is 4.79 Å². The maximum Gasteiger partial charge on any atom is 0.340 e. The number of carbonyl (C=O) groups is 1. The number of nitrogens with one attached hydrogen (secondary N) is 1. The minimum Gasteiger partial charge on any atom is -0.462 e. The van der Waals surface area contributed by atoms with Crippen molar-refractivity contribution >= 4 is 27.6 Å². The second-order valence-corrected chi connectivity index (χ2v) is 5.07. The van der Waals surface area contributed by atoms with E-state index in [1.54, 1.807) is 13.0 Å². The fourth-order valence-corrected chi connectivity index (χ4v) is 2.28. The number of ether oxygens (including phenoxy) is 1. The molecule has 3 nitrogen and oxygen atoms in total. The van der Waals surface area contributed by atoms with E-state index in [1.807, 2.05) is 42.5 Å². The molecule has 0 aliphatic heterocycles. The van der Waals surface area contributed by atoms with Crippen molar-refractivity contribution in [2.45, 2.75) is 13.5 Å². The van der Waals surface area contributed by atoms with E-state index >= 15 is 0 Å². The van der Waals surface area contributed by atoms with E-state index in [0.29, 0.717) is 18.7 Å². The van der Waals surface area contributed by atoms with Crippen LogP contribution >= 0.6 is 15.9 Å². The first-order valence-corrected chi connectivity index (χ1v) is 7.25. The monoisotopic (exact) mass is 333 g/mol. The molecule has 1 N–H and O–H groups in total. The molecule has 0 atom stereocenters. The summed E-state index contributed by atoms with van der Waals surface area (Å²) >= 11 is 3.51. The average Bonchev–Trinajstić information content (AvgIpc) is 2.47. The summed E-state index contributed by atoms with van der Waals surface area (Å²) in [6, 6.07) is 15.3. The second-order valence-electron chi connectivity index (χ2n) is 4.21. The Kier molecular flexibility index (Phi) is 5.18. The summed E-state index contributed by atoms with van der Waals surface area (Å²) in [4.78, 5) is 11.9. The highest BCUT2D eigenvalue weighted by Crippen LogP contribution is 2.20.